The Balaban J connectivity index is 1.53. The van der Waals surface area contributed by atoms with Crippen LogP contribution in [0.5, 0.6) is 11.5 Å². The maximum absolute atomic E-state index is 10.6. The molecule has 2 atom stereocenters. The molecule has 1 heterocycles. The van der Waals surface area contributed by atoms with E-state index in [0.717, 1.165) is 33.7 Å². The minimum absolute atomic E-state index is 0.112. The largest absolute Gasteiger partial charge is 0.496 e. The molecular formula is C20H22N2O4. The Bertz CT molecular complexity index is 888. The van der Waals surface area contributed by atoms with E-state index >= 15 is 0 Å². The van der Waals surface area contributed by atoms with Crippen LogP contribution in [0.25, 0.3) is 11.1 Å². The van der Waals surface area contributed by atoms with Crippen molar-refractivity contribution in [2.75, 3.05) is 14.2 Å². The summed E-state index contributed by atoms with van der Waals surface area (Å²) in [6, 6.07) is 11.4. The molecule has 2 aromatic carbocycles. The van der Waals surface area contributed by atoms with Crippen LogP contribution in [-0.2, 0) is 19.4 Å². The third kappa shape index (κ3) is 3.02. The zero-order chi connectivity index (χ0) is 18.1. The molecule has 2 N–H and O–H groups in total. The van der Waals surface area contributed by atoms with E-state index in [-0.39, 0.29) is 6.04 Å². The van der Waals surface area contributed by atoms with Crippen molar-refractivity contribution >= 4 is 11.1 Å². The third-order valence-corrected chi connectivity index (χ3v) is 4.94. The molecule has 4 rings (SSSR count). The van der Waals surface area contributed by atoms with Crippen molar-refractivity contribution in [2.45, 2.75) is 31.5 Å². The number of methoxy groups -OCH3 is 2. The fraction of sp³-hybridized carbons (Fsp3) is 0.350. The second-order valence-corrected chi connectivity index (χ2v) is 6.47. The summed E-state index contributed by atoms with van der Waals surface area (Å²) in [7, 11) is 3.31. The van der Waals surface area contributed by atoms with Crippen molar-refractivity contribution in [3.63, 3.8) is 0 Å². The Kier molecular flexibility index (Phi) is 4.53. The predicted molar refractivity (Wildman–Crippen MR) is 97.6 cm³/mol. The lowest BCUT2D eigenvalue weighted by Gasteiger charge is -2.32. The molecule has 6 nitrogen and oxygen atoms in total. The second kappa shape index (κ2) is 6.97. The molecule has 2 unspecified atom stereocenters. The van der Waals surface area contributed by atoms with Crippen LogP contribution in [0.2, 0.25) is 0 Å². The minimum atomic E-state index is -0.520. The predicted octanol–water partition coefficient (Wildman–Crippen LogP) is 2.46. The van der Waals surface area contributed by atoms with Crippen molar-refractivity contribution in [3.05, 3.63) is 53.4 Å². The first-order valence-corrected chi connectivity index (χ1v) is 8.68. The molecular weight excluding hydrogens is 332 g/mol. The van der Waals surface area contributed by atoms with Crippen LogP contribution in [-0.4, -0.2) is 36.5 Å². The number of nitrogens with zero attached hydrogens (tertiary/aromatic N) is 1. The number of aromatic nitrogens is 1. The Morgan fingerprint density at radius 1 is 1.08 bits per heavy atom. The lowest BCUT2D eigenvalue weighted by Crippen LogP contribution is -2.45. The van der Waals surface area contributed by atoms with Gasteiger partial charge in [0, 0.05) is 23.6 Å². The van der Waals surface area contributed by atoms with Gasteiger partial charge in [0.05, 0.1) is 26.9 Å². The monoisotopic (exact) mass is 354 g/mol. The highest BCUT2D eigenvalue weighted by molar-refractivity contribution is 5.72. The molecule has 0 bridgehead atoms. The van der Waals surface area contributed by atoms with E-state index in [9.17, 15) is 5.11 Å². The molecule has 1 aliphatic rings. The normalized spacial score (nSPS) is 19.3. The fourth-order valence-corrected chi connectivity index (χ4v) is 3.61. The van der Waals surface area contributed by atoms with Crippen LogP contribution in [0.1, 0.15) is 17.0 Å². The number of hydrogen-bond donors (Lipinski definition) is 2. The van der Waals surface area contributed by atoms with Gasteiger partial charge in [-0.3, -0.25) is 0 Å². The fourth-order valence-electron chi connectivity index (χ4n) is 3.61. The van der Waals surface area contributed by atoms with Crippen molar-refractivity contribution in [1.82, 2.24) is 10.3 Å². The number of oxazole rings is 1. The smallest absolute Gasteiger partial charge is 0.209 e. The number of nitrogens with one attached hydrogen (secondary N) is 1. The Morgan fingerprint density at radius 2 is 1.77 bits per heavy atom. The average Bonchev–Trinajstić information content (AvgIpc) is 3.08. The number of rotatable bonds is 5. The number of para-hydroxylation sites is 2. The molecule has 136 valence electrons. The van der Waals surface area contributed by atoms with Crippen LogP contribution in [0.3, 0.4) is 0 Å². The zero-order valence-corrected chi connectivity index (χ0v) is 14.9. The highest BCUT2D eigenvalue weighted by atomic mass is 16.5. The molecule has 1 aromatic heterocycles. The Hall–Kier alpha value is -2.57. The number of benzene rings is 2. The number of hydrogen-bond acceptors (Lipinski definition) is 6. The first-order chi connectivity index (χ1) is 12.7. The standard InChI is InChI=1S/C20H22N2O4/c1-24-17-7-8-18(25-2)13-10-16(23)15(9-12(13)17)21-11-20-22-14-5-3-4-6-19(14)26-20/h3-8,15-16,21,23H,9-11H2,1-2H3. The molecule has 0 saturated carbocycles. The van der Waals surface area contributed by atoms with Gasteiger partial charge in [0.1, 0.15) is 17.0 Å². The molecule has 0 radical (unpaired) electrons. The number of aliphatic hydroxyl groups excluding tert-OH is 1. The van der Waals surface area contributed by atoms with Crippen LogP contribution in [0.4, 0.5) is 0 Å². The first-order valence-electron chi connectivity index (χ1n) is 8.68. The van der Waals surface area contributed by atoms with Gasteiger partial charge in [0.2, 0.25) is 5.89 Å². The number of aliphatic hydroxyl groups is 1. The van der Waals surface area contributed by atoms with Crippen LogP contribution < -0.4 is 14.8 Å². The quantitative estimate of drug-likeness (QED) is 0.733. The van der Waals surface area contributed by atoms with Crippen molar-refractivity contribution < 1.29 is 19.0 Å². The lowest BCUT2D eigenvalue weighted by atomic mass is 9.85. The van der Waals surface area contributed by atoms with Crippen molar-refractivity contribution in [3.8, 4) is 11.5 Å². The molecule has 0 spiro atoms. The van der Waals surface area contributed by atoms with Gasteiger partial charge in [-0.2, -0.15) is 0 Å². The second-order valence-electron chi connectivity index (χ2n) is 6.47. The van der Waals surface area contributed by atoms with Gasteiger partial charge >= 0.3 is 0 Å². The highest BCUT2D eigenvalue weighted by Crippen LogP contribution is 2.36. The van der Waals surface area contributed by atoms with E-state index in [0.29, 0.717) is 25.3 Å². The molecule has 0 saturated heterocycles. The van der Waals surface area contributed by atoms with Gasteiger partial charge in [-0.15, -0.1) is 0 Å². The molecule has 26 heavy (non-hydrogen) atoms. The van der Waals surface area contributed by atoms with Gasteiger partial charge in [-0.05, 0) is 30.7 Å². The third-order valence-electron chi connectivity index (χ3n) is 4.94. The maximum atomic E-state index is 10.6. The van der Waals surface area contributed by atoms with E-state index in [1.807, 2.05) is 36.4 Å². The summed E-state index contributed by atoms with van der Waals surface area (Å²) in [5.41, 5.74) is 3.70. The lowest BCUT2D eigenvalue weighted by molar-refractivity contribution is 0.115. The molecule has 0 fully saturated rings. The average molecular weight is 354 g/mol. The van der Waals surface area contributed by atoms with Crippen LogP contribution in [0.15, 0.2) is 40.8 Å². The summed E-state index contributed by atoms with van der Waals surface area (Å²) in [5.74, 6) is 2.22. The van der Waals surface area contributed by atoms with Gasteiger partial charge < -0.3 is 24.3 Å². The van der Waals surface area contributed by atoms with E-state index < -0.39 is 6.10 Å². The molecule has 0 amide bonds. The molecule has 0 aliphatic heterocycles. The summed E-state index contributed by atoms with van der Waals surface area (Å²) in [6.45, 7) is 0.456. The summed E-state index contributed by atoms with van der Waals surface area (Å²) < 4.78 is 16.7. The van der Waals surface area contributed by atoms with Crippen molar-refractivity contribution in [1.29, 1.82) is 0 Å². The Labute approximate surface area is 151 Å². The highest BCUT2D eigenvalue weighted by Gasteiger charge is 2.31. The maximum Gasteiger partial charge on any atom is 0.209 e. The molecule has 3 aromatic rings. The topological polar surface area (TPSA) is 76.8 Å². The van der Waals surface area contributed by atoms with Gasteiger partial charge in [0.25, 0.3) is 0 Å². The van der Waals surface area contributed by atoms with Crippen molar-refractivity contribution in [2.24, 2.45) is 0 Å². The summed E-state index contributed by atoms with van der Waals surface area (Å²) in [6.07, 6.45) is 0.644. The van der Waals surface area contributed by atoms with E-state index in [4.69, 9.17) is 13.9 Å². The minimum Gasteiger partial charge on any atom is -0.496 e. The zero-order valence-electron chi connectivity index (χ0n) is 14.9. The Morgan fingerprint density at radius 3 is 2.46 bits per heavy atom. The summed E-state index contributed by atoms with van der Waals surface area (Å²) in [4.78, 5) is 4.47. The van der Waals surface area contributed by atoms with Gasteiger partial charge in [-0.1, -0.05) is 12.1 Å². The van der Waals surface area contributed by atoms with Gasteiger partial charge in [-0.25, -0.2) is 4.98 Å². The first kappa shape index (κ1) is 16.9. The van der Waals surface area contributed by atoms with E-state index in [1.165, 1.54) is 0 Å². The molecule has 1 aliphatic carbocycles. The molecule has 6 heteroatoms. The van der Waals surface area contributed by atoms with Crippen LogP contribution >= 0.6 is 0 Å². The van der Waals surface area contributed by atoms with E-state index in [1.54, 1.807) is 14.2 Å². The summed E-state index contributed by atoms with van der Waals surface area (Å²) >= 11 is 0. The number of fused-ring (bicyclic) bond motifs is 2. The van der Waals surface area contributed by atoms with Crippen LogP contribution in [0, 0.1) is 0 Å². The summed E-state index contributed by atoms with van der Waals surface area (Å²) in [5, 5.41) is 14.0. The SMILES string of the molecule is COc1ccc(OC)c2c1CC(O)C(NCc1nc3ccccc3o1)C2. The van der Waals surface area contributed by atoms with E-state index in [2.05, 4.69) is 10.3 Å². The number of ether oxygens (including phenoxy) is 2. The van der Waals surface area contributed by atoms with Gasteiger partial charge in [0.15, 0.2) is 5.58 Å².